The predicted molar refractivity (Wildman–Crippen MR) is 121 cm³/mol. The molecule has 0 N–H and O–H groups in total. The van der Waals surface area contributed by atoms with Gasteiger partial charge in [-0.3, -0.25) is 0 Å². The first kappa shape index (κ1) is 23.1. The summed E-state index contributed by atoms with van der Waals surface area (Å²) in [6, 6.07) is 6.34. The highest BCUT2D eigenvalue weighted by molar-refractivity contribution is 9.10. The van der Waals surface area contributed by atoms with Gasteiger partial charge in [0, 0.05) is 4.47 Å². The molecular formula is C21H36BBrO3Si. The Labute approximate surface area is 176 Å². The van der Waals surface area contributed by atoms with Crippen molar-refractivity contribution >= 4 is 36.8 Å². The lowest BCUT2D eigenvalue weighted by Gasteiger charge is -2.43. The zero-order chi connectivity index (χ0) is 21.1. The van der Waals surface area contributed by atoms with Crippen LogP contribution in [0.2, 0.25) is 18.1 Å². The molecule has 1 aromatic rings. The largest absolute Gasteiger partial charge is 0.494 e. The highest BCUT2D eigenvalue weighted by atomic mass is 79.9. The molecule has 3 nitrogen and oxygen atoms in total. The van der Waals surface area contributed by atoms with Gasteiger partial charge in [-0.25, -0.2) is 0 Å². The van der Waals surface area contributed by atoms with Crippen LogP contribution in [-0.2, 0) is 19.3 Å². The van der Waals surface area contributed by atoms with E-state index in [0.717, 1.165) is 15.5 Å². The Morgan fingerprint density at radius 2 is 1.44 bits per heavy atom. The monoisotopic (exact) mass is 454 g/mol. The van der Waals surface area contributed by atoms with Crippen LogP contribution in [0.1, 0.15) is 67.9 Å². The van der Waals surface area contributed by atoms with Gasteiger partial charge in [0.25, 0.3) is 0 Å². The molecule has 0 aliphatic carbocycles. The summed E-state index contributed by atoms with van der Waals surface area (Å²) in [5.74, 6) is 0. The van der Waals surface area contributed by atoms with Crippen LogP contribution in [0.4, 0.5) is 0 Å². The van der Waals surface area contributed by atoms with Gasteiger partial charge in [0.05, 0.1) is 16.8 Å². The van der Waals surface area contributed by atoms with E-state index in [1.807, 2.05) is 0 Å². The van der Waals surface area contributed by atoms with Crippen LogP contribution >= 0.6 is 15.9 Å². The molecule has 0 radical (unpaired) electrons. The van der Waals surface area contributed by atoms with E-state index in [-0.39, 0.29) is 29.0 Å². The first-order chi connectivity index (χ1) is 11.9. The van der Waals surface area contributed by atoms with Gasteiger partial charge >= 0.3 is 7.12 Å². The van der Waals surface area contributed by atoms with Crippen molar-refractivity contribution in [3.05, 3.63) is 28.2 Å². The van der Waals surface area contributed by atoms with Crippen LogP contribution in [0.3, 0.4) is 0 Å². The van der Waals surface area contributed by atoms with Gasteiger partial charge in [-0.1, -0.05) is 48.8 Å². The van der Waals surface area contributed by atoms with Crippen molar-refractivity contribution in [1.29, 1.82) is 0 Å². The van der Waals surface area contributed by atoms with Crippen molar-refractivity contribution in [1.82, 2.24) is 0 Å². The fourth-order valence-corrected chi connectivity index (χ4v) is 5.56. The molecule has 0 spiro atoms. The second-order valence-electron chi connectivity index (χ2n) is 10.7. The lowest BCUT2D eigenvalue weighted by molar-refractivity contribution is 0.00578. The van der Waals surface area contributed by atoms with Gasteiger partial charge in [0.2, 0.25) is 0 Å². The van der Waals surface area contributed by atoms with E-state index in [1.165, 1.54) is 0 Å². The molecule has 1 saturated heterocycles. The molecule has 0 unspecified atom stereocenters. The fourth-order valence-electron chi connectivity index (χ4n) is 2.99. The Morgan fingerprint density at radius 1 is 0.963 bits per heavy atom. The summed E-state index contributed by atoms with van der Waals surface area (Å²) in [6.45, 7) is 24.0. The summed E-state index contributed by atoms with van der Waals surface area (Å²) in [7, 11) is -2.25. The van der Waals surface area contributed by atoms with Crippen molar-refractivity contribution in [3.8, 4) is 0 Å². The maximum absolute atomic E-state index is 6.73. The summed E-state index contributed by atoms with van der Waals surface area (Å²) in [4.78, 5) is 0. The molecule has 152 valence electrons. The summed E-state index contributed by atoms with van der Waals surface area (Å²) in [5.41, 5.74) is 1.11. The van der Waals surface area contributed by atoms with E-state index >= 15 is 0 Å². The van der Waals surface area contributed by atoms with Crippen molar-refractivity contribution in [3.63, 3.8) is 0 Å². The molecule has 1 aliphatic heterocycles. The third-order valence-electron chi connectivity index (χ3n) is 6.48. The van der Waals surface area contributed by atoms with Crippen LogP contribution in [0.5, 0.6) is 0 Å². The van der Waals surface area contributed by atoms with E-state index < -0.39 is 8.32 Å². The number of hydrogen-bond acceptors (Lipinski definition) is 3. The fraction of sp³-hybridized carbons (Fsp3) is 0.714. The third-order valence-corrected chi connectivity index (χ3v) is 11.8. The summed E-state index contributed by atoms with van der Waals surface area (Å²) in [5, 5.41) is 0.166. The molecule has 0 atom stereocenters. The van der Waals surface area contributed by atoms with Gasteiger partial charge in [0.1, 0.15) is 0 Å². The zero-order valence-electron chi connectivity index (χ0n) is 18.9. The molecule has 0 bridgehead atoms. The molecule has 27 heavy (non-hydrogen) atoms. The van der Waals surface area contributed by atoms with Gasteiger partial charge in [-0.05, 0) is 76.8 Å². The minimum absolute atomic E-state index is 0.166. The van der Waals surface area contributed by atoms with E-state index in [4.69, 9.17) is 13.7 Å². The third kappa shape index (κ3) is 4.55. The van der Waals surface area contributed by atoms with Gasteiger partial charge < -0.3 is 13.7 Å². The van der Waals surface area contributed by atoms with Crippen molar-refractivity contribution < 1.29 is 13.7 Å². The minimum atomic E-state index is -1.89. The predicted octanol–water partition coefficient (Wildman–Crippen LogP) is 6.01. The number of halogens is 1. The van der Waals surface area contributed by atoms with Crippen LogP contribution < -0.4 is 5.46 Å². The average molecular weight is 455 g/mol. The Balaban J connectivity index is 2.29. The van der Waals surface area contributed by atoms with Gasteiger partial charge in [-0.2, -0.15) is 0 Å². The topological polar surface area (TPSA) is 27.7 Å². The minimum Gasteiger partial charge on any atom is -0.408 e. The zero-order valence-corrected chi connectivity index (χ0v) is 21.5. The normalized spacial score (nSPS) is 20.2. The number of benzene rings is 1. The lowest BCUT2D eigenvalue weighted by atomic mass is 9.78. The van der Waals surface area contributed by atoms with E-state index in [9.17, 15) is 0 Å². The standard InChI is InChI=1S/C21H36BBrO3Si/c1-18(2,3)27(10,11)26-19(4,5)16-13-12-15(14-17(16)23)22-24-20(6,7)21(8,9)25-22/h12-14H,1-11H3. The maximum atomic E-state index is 6.73. The van der Waals surface area contributed by atoms with Crippen LogP contribution in [0.25, 0.3) is 0 Å². The molecule has 1 heterocycles. The smallest absolute Gasteiger partial charge is 0.408 e. The van der Waals surface area contributed by atoms with Crippen LogP contribution in [-0.4, -0.2) is 26.6 Å². The lowest BCUT2D eigenvalue weighted by Crippen LogP contribution is -2.46. The van der Waals surface area contributed by atoms with Crippen molar-refractivity contribution in [2.75, 3.05) is 0 Å². The van der Waals surface area contributed by atoms with Crippen LogP contribution in [0, 0.1) is 0 Å². The first-order valence-electron chi connectivity index (χ1n) is 9.75. The molecule has 0 aromatic heterocycles. The van der Waals surface area contributed by atoms with E-state index in [2.05, 4.69) is 110 Å². The Morgan fingerprint density at radius 3 is 1.85 bits per heavy atom. The Hall–Kier alpha value is -0.138. The quantitative estimate of drug-likeness (QED) is 0.521. The SMILES string of the molecule is CC(C)(O[Si](C)(C)C(C)(C)C)c1ccc(B2OC(C)(C)C(C)(C)O2)cc1Br. The summed E-state index contributed by atoms with van der Waals surface area (Å²) < 4.78 is 20.1. The highest BCUT2D eigenvalue weighted by Crippen LogP contribution is 2.43. The Bertz CT molecular complexity index is 692. The molecule has 6 heteroatoms. The molecule has 1 fully saturated rings. The number of hydrogen-bond donors (Lipinski definition) is 0. The molecular weight excluding hydrogens is 419 g/mol. The van der Waals surface area contributed by atoms with Crippen LogP contribution in [0.15, 0.2) is 22.7 Å². The van der Waals surface area contributed by atoms with Gasteiger partial charge in [0.15, 0.2) is 8.32 Å². The second-order valence-corrected chi connectivity index (χ2v) is 16.3. The average Bonchev–Trinajstić information content (AvgIpc) is 2.64. The summed E-state index contributed by atoms with van der Waals surface area (Å²) in [6.07, 6.45) is 0. The van der Waals surface area contributed by atoms with E-state index in [1.54, 1.807) is 0 Å². The molecule has 2 rings (SSSR count). The molecule has 0 saturated carbocycles. The van der Waals surface area contributed by atoms with Gasteiger partial charge in [-0.15, -0.1) is 0 Å². The van der Waals surface area contributed by atoms with Crippen molar-refractivity contribution in [2.24, 2.45) is 0 Å². The van der Waals surface area contributed by atoms with Crippen molar-refractivity contribution in [2.45, 2.75) is 97.2 Å². The summed E-state index contributed by atoms with van der Waals surface area (Å²) >= 11 is 3.77. The second kappa shape index (κ2) is 6.98. The molecule has 1 aliphatic rings. The van der Waals surface area contributed by atoms with E-state index in [0.29, 0.717) is 0 Å². The molecule has 1 aromatic carbocycles. The first-order valence-corrected chi connectivity index (χ1v) is 13.5. The highest BCUT2D eigenvalue weighted by Gasteiger charge is 2.52. The Kier molecular flexibility index (Phi) is 5.98. The number of rotatable bonds is 4. The molecule has 0 amide bonds. The maximum Gasteiger partial charge on any atom is 0.494 e.